The molecule has 2 rings (SSSR count). The molecule has 1 aromatic rings. The van der Waals surface area contributed by atoms with Gasteiger partial charge in [-0.2, -0.15) is 0 Å². The van der Waals surface area contributed by atoms with Gasteiger partial charge in [0.1, 0.15) is 5.92 Å². The van der Waals surface area contributed by atoms with E-state index in [4.69, 9.17) is 5.73 Å². The standard InChI is InChI=1S/C20H31N3O2.ClH/c1-5-20(21,6-2)13-22-18(24)17-11-12-23(19(17)25)16-9-7-15(8-10-16)14(3)4;/h7-10,14,17H,5-6,11-13,21H2,1-4H3,(H,22,24);1H. The molecule has 2 amide bonds. The molecule has 3 N–H and O–H groups in total. The van der Waals surface area contributed by atoms with E-state index >= 15 is 0 Å². The number of nitrogens with zero attached hydrogens (tertiary/aromatic N) is 1. The molecule has 0 radical (unpaired) electrons. The van der Waals surface area contributed by atoms with Crippen molar-refractivity contribution in [2.45, 2.75) is 58.4 Å². The molecule has 146 valence electrons. The number of hydrogen-bond donors (Lipinski definition) is 2. The minimum atomic E-state index is -0.609. The summed E-state index contributed by atoms with van der Waals surface area (Å²) in [5.74, 6) is -0.480. The van der Waals surface area contributed by atoms with Gasteiger partial charge in [-0.25, -0.2) is 0 Å². The van der Waals surface area contributed by atoms with Gasteiger partial charge in [-0.1, -0.05) is 39.8 Å². The Morgan fingerprint density at radius 3 is 2.35 bits per heavy atom. The second kappa shape index (κ2) is 9.38. The lowest BCUT2D eigenvalue weighted by atomic mass is 9.94. The molecule has 1 fully saturated rings. The average Bonchev–Trinajstić information content (AvgIpc) is 3.01. The first-order chi connectivity index (χ1) is 11.8. The van der Waals surface area contributed by atoms with E-state index in [1.165, 1.54) is 5.56 Å². The van der Waals surface area contributed by atoms with Gasteiger partial charge in [-0.3, -0.25) is 9.59 Å². The van der Waals surface area contributed by atoms with Gasteiger partial charge in [0.2, 0.25) is 11.8 Å². The molecule has 26 heavy (non-hydrogen) atoms. The molecule has 1 saturated heterocycles. The molecule has 0 spiro atoms. The summed E-state index contributed by atoms with van der Waals surface area (Å²) in [6.07, 6.45) is 2.12. The summed E-state index contributed by atoms with van der Waals surface area (Å²) in [7, 11) is 0. The van der Waals surface area contributed by atoms with Crippen LogP contribution < -0.4 is 16.0 Å². The Kier molecular flexibility index (Phi) is 8.10. The molecule has 0 saturated carbocycles. The Morgan fingerprint density at radius 1 is 1.27 bits per heavy atom. The highest BCUT2D eigenvalue weighted by atomic mass is 35.5. The zero-order chi connectivity index (χ0) is 18.6. The number of carbonyl (C=O) groups is 2. The van der Waals surface area contributed by atoms with Gasteiger partial charge in [0.25, 0.3) is 0 Å². The summed E-state index contributed by atoms with van der Waals surface area (Å²) in [6, 6.07) is 8.02. The first kappa shape index (κ1) is 22.5. The van der Waals surface area contributed by atoms with Crippen LogP contribution in [-0.2, 0) is 9.59 Å². The summed E-state index contributed by atoms with van der Waals surface area (Å²) in [6.45, 7) is 9.29. The summed E-state index contributed by atoms with van der Waals surface area (Å²) >= 11 is 0. The third kappa shape index (κ3) is 4.98. The predicted octanol–water partition coefficient (Wildman–Crippen LogP) is 3.22. The van der Waals surface area contributed by atoms with E-state index in [1.54, 1.807) is 4.90 Å². The zero-order valence-electron chi connectivity index (χ0n) is 16.2. The van der Waals surface area contributed by atoms with Crippen LogP contribution in [0.5, 0.6) is 0 Å². The number of hydrogen-bond acceptors (Lipinski definition) is 3. The molecular formula is C20H32ClN3O2. The van der Waals surface area contributed by atoms with Crippen LogP contribution in [0.1, 0.15) is 58.4 Å². The molecule has 0 aliphatic carbocycles. The maximum absolute atomic E-state index is 12.7. The third-order valence-electron chi connectivity index (χ3n) is 5.42. The SMILES string of the molecule is CCC(N)(CC)CNC(=O)C1CCN(c2ccc(C(C)C)cc2)C1=O.Cl. The lowest BCUT2D eigenvalue weighted by Crippen LogP contribution is -2.51. The first-order valence-electron chi connectivity index (χ1n) is 9.29. The van der Waals surface area contributed by atoms with Gasteiger partial charge in [0.15, 0.2) is 0 Å². The largest absolute Gasteiger partial charge is 0.354 e. The second-order valence-electron chi connectivity index (χ2n) is 7.36. The van der Waals surface area contributed by atoms with E-state index in [0.29, 0.717) is 25.4 Å². The predicted molar refractivity (Wildman–Crippen MR) is 109 cm³/mol. The monoisotopic (exact) mass is 381 g/mol. The summed E-state index contributed by atoms with van der Waals surface area (Å²) in [4.78, 5) is 26.8. The summed E-state index contributed by atoms with van der Waals surface area (Å²) in [5, 5.41) is 2.88. The highest BCUT2D eigenvalue weighted by Crippen LogP contribution is 2.27. The molecule has 1 unspecified atom stereocenters. The molecular weight excluding hydrogens is 350 g/mol. The van der Waals surface area contributed by atoms with Crippen LogP contribution in [0.2, 0.25) is 0 Å². The Labute approximate surface area is 163 Å². The highest BCUT2D eigenvalue weighted by Gasteiger charge is 2.38. The fourth-order valence-corrected chi connectivity index (χ4v) is 3.11. The fourth-order valence-electron chi connectivity index (χ4n) is 3.11. The van der Waals surface area contributed by atoms with Gasteiger partial charge < -0.3 is 16.0 Å². The van der Waals surface area contributed by atoms with Crippen molar-refractivity contribution >= 4 is 29.9 Å². The van der Waals surface area contributed by atoms with Crippen LogP contribution in [0.15, 0.2) is 24.3 Å². The Hall–Kier alpha value is -1.59. The van der Waals surface area contributed by atoms with Gasteiger partial charge in [0, 0.05) is 24.3 Å². The molecule has 5 nitrogen and oxygen atoms in total. The molecule has 1 aliphatic heterocycles. The minimum absolute atomic E-state index is 0. The van der Waals surface area contributed by atoms with Crippen molar-refractivity contribution in [3.05, 3.63) is 29.8 Å². The summed E-state index contributed by atoms with van der Waals surface area (Å²) in [5.41, 5.74) is 7.93. The smallest absolute Gasteiger partial charge is 0.239 e. The van der Waals surface area contributed by atoms with Crippen molar-refractivity contribution < 1.29 is 9.59 Å². The quantitative estimate of drug-likeness (QED) is 0.712. The number of anilines is 1. The van der Waals surface area contributed by atoms with Crippen LogP contribution >= 0.6 is 12.4 Å². The van der Waals surface area contributed by atoms with E-state index < -0.39 is 11.5 Å². The topological polar surface area (TPSA) is 75.4 Å². The van der Waals surface area contributed by atoms with Crippen LogP contribution in [0.25, 0.3) is 0 Å². The Balaban J connectivity index is 0.00000338. The fraction of sp³-hybridized carbons (Fsp3) is 0.600. The number of nitrogens with two attached hydrogens (primary N) is 1. The number of nitrogens with one attached hydrogen (secondary N) is 1. The zero-order valence-corrected chi connectivity index (χ0v) is 17.1. The van der Waals surface area contributed by atoms with Gasteiger partial charge in [0.05, 0.1) is 0 Å². The van der Waals surface area contributed by atoms with E-state index in [9.17, 15) is 9.59 Å². The van der Waals surface area contributed by atoms with Crippen molar-refractivity contribution in [3.8, 4) is 0 Å². The van der Waals surface area contributed by atoms with Crippen molar-refractivity contribution in [3.63, 3.8) is 0 Å². The second-order valence-corrected chi connectivity index (χ2v) is 7.36. The van der Waals surface area contributed by atoms with Crippen molar-refractivity contribution in [1.29, 1.82) is 0 Å². The summed E-state index contributed by atoms with van der Waals surface area (Å²) < 4.78 is 0. The normalized spacial score (nSPS) is 17.4. The van der Waals surface area contributed by atoms with Crippen LogP contribution in [0.3, 0.4) is 0 Å². The minimum Gasteiger partial charge on any atom is -0.354 e. The van der Waals surface area contributed by atoms with Crippen molar-refractivity contribution in [2.24, 2.45) is 11.7 Å². The van der Waals surface area contributed by atoms with E-state index in [1.807, 2.05) is 38.1 Å². The molecule has 0 aromatic heterocycles. The number of carbonyl (C=O) groups excluding carboxylic acids is 2. The molecule has 1 aromatic carbocycles. The molecule has 0 bridgehead atoms. The van der Waals surface area contributed by atoms with Crippen molar-refractivity contribution in [1.82, 2.24) is 5.32 Å². The molecule has 6 heteroatoms. The Morgan fingerprint density at radius 2 is 1.85 bits per heavy atom. The number of rotatable bonds is 7. The lowest BCUT2D eigenvalue weighted by Gasteiger charge is -2.27. The maximum atomic E-state index is 12.7. The van der Waals surface area contributed by atoms with Crippen molar-refractivity contribution in [2.75, 3.05) is 18.0 Å². The van der Waals surface area contributed by atoms with Crippen LogP contribution in [0.4, 0.5) is 5.69 Å². The van der Waals surface area contributed by atoms with E-state index in [-0.39, 0.29) is 24.2 Å². The Bertz CT molecular complexity index is 612. The highest BCUT2D eigenvalue weighted by molar-refractivity contribution is 6.09. The van der Waals surface area contributed by atoms with Crippen LogP contribution in [-0.4, -0.2) is 30.4 Å². The maximum Gasteiger partial charge on any atom is 0.239 e. The van der Waals surface area contributed by atoms with Gasteiger partial charge in [-0.05, 0) is 42.9 Å². The number of halogens is 1. The molecule has 1 heterocycles. The van der Waals surface area contributed by atoms with E-state index in [0.717, 1.165) is 18.5 Å². The number of benzene rings is 1. The lowest BCUT2D eigenvalue weighted by molar-refractivity contribution is -0.132. The van der Waals surface area contributed by atoms with Gasteiger partial charge in [-0.15, -0.1) is 12.4 Å². The first-order valence-corrected chi connectivity index (χ1v) is 9.29. The molecule has 1 aliphatic rings. The average molecular weight is 382 g/mol. The van der Waals surface area contributed by atoms with Gasteiger partial charge >= 0.3 is 0 Å². The van der Waals surface area contributed by atoms with Crippen LogP contribution in [0, 0.1) is 5.92 Å². The third-order valence-corrected chi connectivity index (χ3v) is 5.42. The van der Waals surface area contributed by atoms with E-state index in [2.05, 4.69) is 19.2 Å². The molecule has 1 atom stereocenters. The number of amides is 2.